The van der Waals surface area contributed by atoms with Crippen LogP contribution in [0.3, 0.4) is 0 Å². The minimum Gasteiger partial charge on any atom is -0.465 e. The molecule has 0 amide bonds. The van der Waals surface area contributed by atoms with Gasteiger partial charge in [0.05, 0.1) is 13.0 Å². The zero-order chi connectivity index (χ0) is 15.3. The summed E-state index contributed by atoms with van der Waals surface area (Å²) in [7, 11) is 0. The van der Waals surface area contributed by atoms with Crippen LogP contribution in [0.25, 0.3) is 0 Å². The molecule has 0 radical (unpaired) electrons. The van der Waals surface area contributed by atoms with E-state index in [1.807, 2.05) is 6.92 Å². The van der Waals surface area contributed by atoms with Crippen LogP contribution in [0, 0.1) is 23.2 Å². The molecule has 4 atom stereocenters. The van der Waals surface area contributed by atoms with Crippen molar-refractivity contribution in [2.75, 3.05) is 13.2 Å². The Kier molecular flexibility index (Phi) is 3.07. The fraction of sp³-hybridized carbons (Fsp3) is 0.750. The predicted octanol–water partition coefficient (Wildman–Crippen LogP) is 1.44. The third kappa shape index (κ3) is 1.41. The molecule has 0 aromatic rings. The second kappa shape index (κ2) is 4.48. The molecule has 3 rings (SSSR count). The summed E-state index contributed by atoms with van der Waals surface area (Å²) in [6, 6.07) is 0. The lowest BCUT2D eigenvalue weighted by molar-refractivity contribution is -0.230. The van der Waals surface area contributed by atoms with Gasteiger partial charge in [0, 0.05) is 6.61 Å². The van der Waals surface area contributed by atoms with Crippen molar-refractivity contribution in [1.82, 2.24) is 0 Å². The van der Waals surface area contributed by atoms with Crippen LogP contribution in [0.1, 0.15) is 40.0 Å². The van der Waals surface area contributed by atoms with Crippen molar-refractivity contribution in [3.63, 3.8) is 0 Å². The van der Waals surface area contributed by atoms with Crippen molar-refractivity contribution in [1.29, 1.82) is 0 Å². The lowest BCUT2D eigenvalue weighted by Crippen LogP contribution is -2.72. The third-order valence-electron chi connectivity index (χ3n) is 5.24. The van der Waals surface area contributed by atoms with Crippen LogP contribution in [-0.4, -0.2) is 36.4 Å². The van der Waals surface area contributed by atoms with Crippen molar-refractivity contribution in [2.24, 2.45) is 11.3 Å². The van der Waals surface area contributed by atoms with Crippen LogP contribution >= 0.6 is 0 Å². The molecule has 1 saturated carbocycles. The van der Waals surface area contributed by atoms with E-state index in [0.29, 0.717) is 19.4 Å². The minimum atomic E-state index is -1.30. The van der Waals surface area contributed by atoms with Gasteiger partial charge in [-0.25, -0.2) is 0 Å². The first-order chi connectivity index (χ1) is 9.98. The number of carbonyl (C=O) groups excluding carboxylic acids is 2. The second-order valence-electron chi connectivity index (χ2n) is 6.12. The molecule has 0 bridgehead atoms. The zero-order valence-corrected chi connectivity index (χ0v) is 12.7. The van der Waals surface area contributed by atoms with Gasteiger partial charge in [-0.1, -0.05) is 5.92 Å². The van der Waals surface area contributed by atoms with E-state index in [-0.39, 0.29) is 12.5 Å². The van der Waals surface area contributed by atoms with Crippen LogP contribution < -0.4 is 0 Å². The van der Waals surface area contributed by atoms with Gasteiger partial charge in [0.2, 0.25) is 0 Å². The maximum atomic E-state index is 12.5. The summed E-state index contributed by atoms with van der Waals surface area (Å²) < 4.78 is 16.8. The molecule has 1 unspecified atom stereocenters. The van der Waals surface area contributed by atoms with Crippen molar-refractivity contribution >= 4 is 11.9 Å². The molecule has 1 aliphatic carbocycles. The highest BCUT2D eigenvalue weighted by atomic mass is 16.6. The van der Waals surface area contributed by atoms with E-state index in [4.69, 9.17) is 14.2 Å². The van der Waals surface area contributed by atoms with Gasteiger partial charge in [-0.2, -0.15) is 0 Å². The van der Waals surface area contributed by atoms with Crippen molar-refractivity contribution in [3.05, 3.63) is 0 Å². The molecule has 2 aliphatic heterocycles. The second-order valence-corrected chi connectivity index (χ2v) is 6.12. The summed E-state index contributed by atoms with van der Waals surface area (Å²) in [6.45, 7) is 6.07. The Balaban J connectivity index is 2.07. The highest BCUT2D eigenvalue weighted by Gasteiger charge is 2.88. The Morgan fingerprint density at radius 2 is 2.29 bits per heavy atom. The summed E-state index contributed by atoms with van der Waals surface area (Å²) in [5, 5.41) is 0. The van der Waals surface area contributed by atoms with Crippen molar-refractivity contribution < 1.29 is 23.8 Å². The molecule has 3 fully saturated rings. The molecular weight excluding hydrogens is 272 g/mol. The van der Waals surface area contributed by atoms with E-state index in [9.17, 15) is 9.59 Å². The van der Waals surface area contributed by atoms with Gasteiger partial charge < -0.3 is 14.2 Å². The van der Waals surface area contributed by atoms with Crippen molar-refractivity contribution in [2.45, 2.75) is 51.2 Å². The SMILES string of the molecule is CC#CC[C@@]1(C)OC(=O)[C@]2(C(=O)OCC)CC3CCO[C@]321. The van der Waals surface area contributed by atoms with Crippen LogP contribution in [0.15, 0.2) is 0 Å². The molecule has 114 valence electrons. The van der Waals surface area contributed by atoms with Gasteiger partial charge in [0.25, 0.3) is 0 Å². The molecule has 0 N–H and O–H groups in total. The molecular formula is C16H20O5. The highest BCUT2D eigenvalue weighted by molar-refractivity contribution is 6.05. The monoisotopic (exact) mass is 292 g/mol. The molecule has 5 nitrogen and oxygen atoms in total. The Bertz CT molecular complexity index is 559. The first-order valence-corrected chi connectivity index (χ1v) is 7.43. The number of carbonyl (C=O) groups is 2. The maximum absolute atomic E-state index is 12.5. The summed E-state index contributed by atoms with van der Waals surface area (Å²) in [4.78, 5) is 25.0. The van der Waals surface area contributed by atoms with Gasteiger partial charge in [0.15, 0.2) is 11.0 Å². The van der Waals surface area contributed by atoms with Gasteiger partial charge in [-0.3, -0.25) is 9.59 Å². The third-order valence-corrected chi connectivity index (χ3v) is 5.24. The quantitative estimate of drug-likeness (QED) is 0.447. The summed E-state index contributed by atoms with van der Waals surface area (Å²) in [5.41, 5.74) is -3.10. The first kappa shape index (κ1) is 14.4. The number of ether oxygens (including phenoxy) is 3. The van der Waals surface area contributed by atoms with E-state index < -0.39 is 28.6 Å². The van der Waals surface area contributed by atoms with Crippen LogP contribution in [0.2, 0.25) is 0 Å². The molecule has 21 heavy (non-hydrogen) atoms. The normalized spacial score (nSPS) is 43.0. The number of rotatable bonds is 3. The standard InChI is InChI=1S/C16H20O5/c1-4-6-8-14(3)16-11(7-9-20-16)10-15(16,13(18)21-14)12(17)19-5-2/h11H,5,7-10H2,1-3H3/t11?,14-,15-,16+/m1/s1. The minimum absolute atomic E-state index is 0.150. The summed E-state index contributed by atoms with van der Waals surface area (Å²) in [6.07, 6.45) is 1.67. The average molecular weight is 292 g/mol. The van der Waals surface area contributed by atoms with Crippen molar-refractivity contribution in [3.8, 4) is 11.8 Å². The average Bonchev–Trinajstić information content (AvgIpc) is 2.82. The topological polar surface area (TPSA) is 61.8 Å². The number of hydrogen-bond acceptors (Lipinski definition) is 5. The Morgan fingerprint density at radius 3 is 2.90 bits per heavy atom. The highest BCUT2D eigenvalue weighted by Crippen LogP contribution is 2.71. The van der Waals surface area contributed by atoms with Gasteiger partial charge >= 0.3 is 11.9 Å². The zero-order valence-electron chi connectivity index (χ0n) is 12.7. The Morgan fingerprint density at radius 1 is 1.52 bits per heavy atom. The van der Waals surface area contributed by atoms with E-state index in [0.717, 1.165) is 6.42 Å². The first-order valence-electron chi connectivity index (χ1n) is 7.43. The summed E-state index contributed by atoms with van der Waals surface area (Å²) >= 11 is 0. The lowest BCUT2D eigenvalue weighted by atomic mass is 9.46. The molecule has 0 aromatic heterocycles. The number of cyclic esters (lactones) is 1. The Labute approximate surface area is 124 Å². The van der Waals surface area contributed by atoms with E-state index in [2.05, 4.69) is 11.8 Å². The molecule has 3 aliphatic rings. The molecule has 1 spiro atoms. The summed E-state index contributed by atoms with van der Waals surface area (Å²) in [5.74, 6) is 4.92. The maximum Gasteiger partial charge on any atom is 0.327 e. The van der Waals surface area contributed by atoms with Crippen LogP contribution in [-0.2, 0) is 23.8 Å². The number of hydrogen-bond donors (Lipinski definition) is 0. The lowest BCUT2D eigenvalue weighted by Gasteiger charge is -2.55. The molecule has 2 heterocycles. The largest absolute Gasteiger partial charge is 0.465 e. The van der Waals surface area contributed by atoms with Gasteiger partial charge in [-0.05, 0) is 39.5 Å². The predicted molar refractivity (Wildman–Crippen MR) is 73.0 cm³/mol. The van der Waals surface area contributed by atoms with E-state index in [1.165, 1.54) is 0 Å². The fourth-order valence-corrected chi connectivity index (χ4v) is 4.43. The van der Waals surface area contributed by atoms with E-state index >= 15 is 0 Å². The molecule has 2 saturated heterocycles. The van der Waals surface area contributed by atoms with Crippen LogP contribution in [0.4, 0.5) is 0 Å². The number of esters is 2. The Hall–Kier alpha value is -1.54. The van der Waals surface area contributed by atoms with Gasteiger partial charge in [-0.15, -0.1) is 5.92 Å². The smallest absolute Gasteiger partial charge is 0.327 e. The van der Waals surface area contributed by atoms with Crippen LogP contribution in [0.5, 0.6) is 0 Å². The van der Waals surface area contributed by atoms with E-state index in [1.54, 1.807) is 13.8 Å². The fourth-order valence-electron chi connectivity index (χ4n) is 4.43. The molecule has 5 heteroatoms. The molecule has 0 aromatic carbocycles. The van der Waals surface area contributed by atoms with Gasteiger partial charge in [0.1, 0.15) is 5.60 Å².